The van der Waals surface area contributed by atoms with Crippen molar-refractivity contribution in [2.24, 2.45) is 5.14 Å². The molecule has 1 aliphatic rings. The van der Waals surface area contributed by atoms with Crippen molar-refractivity contribution in [2.45, 2.75) is 17.9 Å². The van der Waals surface area contributed by atoms with E-state index in [9.17, 15) is 32.9 Å². The number of nitrogens with two attached hydrogens (primary N) is 1. The minimum atomic E-state index is -4.09. The van der Waals surface area contributed by atoms with Gasteiger partial charge in [-0.3, -0.25) is 29.4 Å². The van der Waals surface area contributed by atoms with Gasteiger partial charge in [0.05, 0.1) is 22.1 Å². The van der Waals surface area contributed by atoms with E-state index in [1.807, 2.05) is 0 Å². The average Bonchev–Trinajstić information content (AvgIpc) is 3.06. The van der Waals surface area contributed by atoms with Crippen molar-refractivity contribution in [3.8, 4) is 0 Å². The third-order valence-electron chi connectivity index (χ3n) is 4.58. The fourth-order valence-electron chi connectivity index (χ4n) is 2.93. The van der Waals surface area contributed by atoms with Gasteiger partial charge in [-0.2, -0.15) is 0 Å². The van der Waals surface area contributed by atoms with Gasteiger partial charge < -0.3 is 10.6 Å². The van der Waals surface area contributed by atoms with Gasteiger partial charge in [-0.05, 0) is 29.8 Å². The number of imide groups is 1. The van der Waals surface area contributed by atoms with Gasteiger partial charge in [0, 0.05) is 24.7 Å². The van der Waals surface area contributed by atoms with Gasteiger partial charge in [-0.1, -0.05) is 23.9 Å². The molecule has 4 N–H and O–H groups in total. The molecular weight excluding hydrogens is 474 g/mol. The van der Waals surface area contributed by atoms with Crippen LogP contribution in [0.3, 0.4) is 0 Å². The molecule has 0 saturated carbocycles. The number of nitro groups is 1. The molecule has 12 nitrogen and oxygen atoms in total. The number of carbonyl (C=O) groups excluding carboxylic acids is 3. The molecule has 1 fully saturated rings. The Balaban J connectivity index is 1.53. The summed E-state index contributed by atoms with van der Waals surface area (Å²) >= 11 is 0.959. The lowest BCUT2D eigenvalue weighted by Crippen LogP contribution is -2.27. The van der Waals surface area contributed by atoms with E-state index in [-0.39, 0.29) is 48.0 Å². The third kappa shape index (κ3) is 6.27. The second-order valence-corrected chi connectivity index (χ2v) is 9.43. The number of nitrogens with zero attached hydrogens (tertiary/aromatic N) is 2. The molecule has 1 saturated heterocycles. The van der Waals surface area contributed by atoms with Crippen molar-refractivity contribution in [2.75, 3.05) is 22.9 Å². The number of anilines is 2. The number of sulfonamides is 1. The van der Waals surface area contributed by atoms with Crippen LogP contribution in [0.25, 0.3) is 0 Å². The van der Waals surface area contributed by atoms with E-state index >= 15 is 0 Å². The molecule has 3 amide bonds. The van der Waals surface area contributed by atoms with Gasteiger partial charge >= 0.3 is 0 Å². The smallest absolute Gasteiger partial charge is 0.293 e. The van der Waals surface area contributed by atoms with Crippen LogP contribution in [0.5, 0.6) is 0 Å². The Kier molecular flexibility index (Phi) is 7.30. The molecule has 174 valence electrons. The Hall–Kier alpha value is -3.49. The second kappa shape index (κ2) is 9.97. The Bertz CT molecular complexity index is 1200. The van der Waals surface area contributed by atoms with Gasteiger partial charge in [0.25, 0.3) is 10.9 Å². The molecule has 0 aliphatic carbocycles. The van der Waals surface area contributed by atoms with Crippen molar-refractivity contribution in [1.82, 2.24) is 4.90 Å². The fraction of sp³-hybridized carbons (Fsp3) is 0.211. The standard InChI is InChI=1S/C19H19N5O7S2/c20-33(30,31)14-5-6-15(16(9-14)24(28)29)21-8-7-17(25)22-13-3-1-12(2-4-13)10-23-18(26)11-32-19(23)27/h1-6,9,21H,7-8,10-11H2,(H,22,25)(H2,20,30,31). The first kappa shape index (κ1) is 24.2. The fourth-order valence-corrected chi connectivity index (χ4v) is 4.19. The summed E-state index contributed by atoms with van der Waals surface area (Å²) in [6.45, 7) is 0.210. The number of amides is 3. The summed E-state index contributed by atoms with van der Waals surface area (Å²) < 4.78 is 22.8. The van der Waals surface area contributed by atoms with Crippen LogP contribution in [0.4, 0.5) is 21.9 Å². The molecule has 2 aromatic rings. The average molecular weight is 494 g/mol. The van der Waals surface area contributed by atoms with Crippen LogP contribution in [0.2, 0.25) is 0 Å². The molecule has 1 aliphatic heterocycles. The number of hydrogen-bond acceptors (Lipinski definition) is 9. The minimum absolute atomic E-state index is 0.0240. The first-order chi connectivity index (χ1) is 15.5. The summed E-state index contributed by atoms with van der Waals surface area (Å²) in [6, 6.07) is 9.84. The first-order valence-corrected chi connectivity index (χ1v) is 12.0. The molecule has 0 unspecified atom stereocenters. The summed E-state index contributed by atoms with van der Waals surface area (Å²) in [5, 5.41) is 21.3. The summed E-state index contributed by atoms with van der Waals surface area (Å²) in [6.07, 6.45) is -0.0240. The van der Waals surface area contributed by atoms with E-state index in [0.29, 0.717) is 5.69 Å². The maximum Gasteiger partial charge on any atom is 0.293 e. The van der Waals surface area contributed by atoms with Crippen LogP contribution in [-0.2, 0) is 26.2 Å². The SMILES string of the molecule is NS(=O)(=O)c1ccc(NCCC(=O)Nc2ccc(CN3C(=O)CSC3=O)cc2)c([N+](=O)[O-])c1. The van der Waals surface area contributed by atoms with E-state index in [2.05, 4.69) is 10.6 Å². The third-order valence-corrected chi connectivity index (χ3v) is 6.35. The quantitative estimate of drug-likeness (QED) is 0.347. The molecule has 33 heavy (non-hydrogen) atoms. The number of hydrogen-bond donors (Lipinski definition) is 3. The molecule has 14 heteroatoms. The normalized spacial score (nSPS) is 13.8. The molecule has 0 bridgehead atoms. The van der Waals surface area contributed by atoms with Crippen LogP contribution in [0.1, 0.15) is 12.0 Å². The topological polar surface area (TPSA) is 182 Å². The predicted octanol–water partition coefficient (Wildman–Crippen LogP) is 1.88. The molecule has 1 heterocycles. The van der Waals surface area contributed by atoms with E-state index in [4.69, 9.17) is 5.14 Å². The van der Waals surface area contributed by atoms with Gasteiger partial charge in [0.1, 0.15) is 5.69 Å². The Labute approximate surface area is 192 Å². The zero-order chi connectivity index (χ0) is 24.2. The lowest BCUT2D eigenvalue weighted by Gasteiger charge is -2.13. The highest BCUT2D eigenvalue weighted by atomic mass is 32.2. The van der Waals surface area contributed by atoms with E-state index in [1.54, 1.807) is 24.3 Å². The van der Waals surface area contributed by atoms with Crippen molar-refractivity contribution in [3.63, 3.8) is 0 Å². The highest BCUT2D eigenvalue weighted by Gasteiger charge is 2.29. The van der Waals surface area contributed by atoms with Crippen molar-refractivity contribution in [3.05, 3.63) is 58.1 Å². The zero-order valence-electron chi connectivity index (χ0n) is 17.0. The summed E-state index contributed by atoms with van der Waals surface area (Å²) in [7, 11) is -4.09. The van der Waals surface area contributed by atoms with Crippen LogP contribution in [0, 0.1) is 10.1 Å². The molecule has 0 atom stereocenters. The maximum atomic E-state index is 12.2. The van der Waals surface area contributed by atoms with Crippen molar-refractivity contribution in [1.29, 1.82) is 0 Å². The van der Waals surface area contributed by atoms with Crippen LogP contribution >= 0.6 is 11.8 Å². The Morgan fingerprint density at radius 1 is 1.18 bits per heavy atom. The van der Waals surface area contributed by atoms with Crippen LogP contribution in [-0.4, -0.2) is 47.6 Å². The van der Waals surface area contributed by atoms with E-state index in [0.717, 1.165) is 29.5 Å². The van der Waals surface area contributed by atoms with Crippen molar-refractivity contribution < 1.29 is 27.7 Å². The van der Waals surface area contributed by atoms with Crippen LogP contribution in [0.15, 0.2) is 47.4 Å². The first-order valence-electron chi connectivity index (χ1n) is 9.45. The molecule has 2 aromatic carbocycles. The summed E-state index contributed by atoms with van der Waals surface area (Å²) in [5.74, 6) is -0.463. The predicted molar refractivity (Wildman–Crippen MR) is 121 cm³/mol. The largest absolute Gasteiger partial charge is 0.379 e. The number of thioether (sulfide) groups is 1. The molecule has 0 aromatic heterocycles. The monoisotopic (exact) mass is 493 g/mol. The maximum absolute atomic E-state index is 12.2. The molecule has 0 radical (unpaired) electrons. The Morgan fingerprint density at radius 2 is 1.88 bits per heavy atom. The number of primary sulfonamides is 1. The zero-order valence-corrected chi connectivity index (χ0v) is 18.6. The lowest BCUT2D eigenvalue weighted by atomic mass is 10.2. The highest BCUT2D eigenvalue weighted by molar-refractivity contribution is 8.14. The number of rotatable bonds is 9. The van der Waals surface area contributed by atoms with E-state index < -0.39 is 25.5 Å². The number of nitro benzene ring substituents is 1. The van der Waals surface area contributed by atoms with Gasteiger partial charge in [-0.15, -0.1) is 0 Å². The van der Waals surface area contributed by atoms with Gasteiger partial charge in [-0.25, -0.2) is 13.6 Å². The van der Waals surface area contributed by atoms with Crippen molar-refractivity contribution >= 4 is 55.9 Å². The summed E-state index contributed by atoms with van der Waals surface area (Å²) in [4.78, 5) is 46.8. The number of benzene rings is 2. The Morgan fingerprint density at radius 3 is 2.45 bits per heavy atom. The van der Waals surface area contributed by atoms with Gasteiger partial charge in [0.2, 0.25) is 21.8 Å². The lowest BCUT2D eigenvalue weighted by molar-refractivity contribution is -0.384. The molecule has 3 rings (SSSR count). The van der Waals surface area contributed by atoms with Crippen LogP contribution < -0.4 is 15.8 Å². The van der Waals surface area contributed by atoms with Gasteiger partial charge in [0.15, 0.2) is 0 Å². The molecular formula is C19H19N5O7S2. The number of nitrogens with one attached hydrogen (secondary N) is 2. The highest BCUT2D eigenvalue weighted by Crippen LogP contribution is 2.27. The molecule has 0 spiro atoms. The second-order valence-electron chi connectivity index (χ2n) is 6.94. The van der Waals surface area contributed by atoms with E-state index in [1.165, 1.54) is 11.0 Å². The summed E-state index contributed by atoms with van der Waals surface area (Å²) in [5.41, 5.74) is 0.800. The number of carbonyl (C=O) groups is 3. The minimum Gasteiger partial charge on any atom is -0.379 e.